The minimum absolute atomic E-state index is 0.262. The van der Waals surface area contributed by atoms with Crippen molar-refractivity contribution in [3.05, 3.63) is 53.9 Å². The van der Waals surface area contributed by atoms with E-state index in [-0.39, 0.29) is 5.69 Å². The summed E-state index contributed by atoms with van der Waals surface area (Å²) in [6.07, 6.45) is 1.57. The van der Waals surface area contributed by atoms with Crippen LogP contribution < -0.4 is 16.0 Å². The molecule has 0 radical (unpaired) electrons. The maximum Gasteiger partial charge on any atom is 0.267 e. The van der Waals surface area contributed by atoms with Crippen LogP contribution in [0.2, 0.25) is 0 Å². The topological polar surface area (TPSA) is 80.5 Å². The van der Waals surface area contributed by atoms with Crippen molar-refractivity contribution in [3.63, 3.8) is 0 Å². The predicted molar refractivity (Wildman–Crippen MR) is 89.6 cm³/mol. The Morgan fingerprint density at radius 3 is 2.65 bits per heavy atom. The van der Waals surface area contributed by atoms with Gasteiger partial charge in [-0.05, 0) is 29.8 Å². The van der Waals surface area contributed by atoms with Gasteiger partial charge in [0.1, 0.15) is 5.69 Å². The highest BCUT2D eigenvalue weighted by Crippen LogP contribution is 2.17. The molecule has 1 aliphatic rings. The van der Waals surface area contributed by atoms with Crippen LogP contribution in [0.3, 0.4) is 0 Å². The molecule has 2 aromatic rings. The Balaban J connectivity index is 1.60. The van der Waals surface area contributed by atoms with Crippen LogP contribution in [-0.4, -0.2) is 37.2 Å². The zero-order valence-corrected chi connectivity index (χ0v) is 12.9. The van der Waals surface area contributed by atoms with Gasteiger partial charge in [-0.2, -0.15) is 0 Å². The predicted octanol–water partition coefficient (Wildman–Crippen LogP) is 1.63. The molecule has 1 amide bonds. The first-order valence-corrected chi connectivity index (χ1v) is 7.64. The SMILES string of the molecule is NC(=O)c1cc(NCc2ccc(N3CCOCC3)cc2)ccn1. The second-order valence-corrected chi connectivity index (χ2v) is 5.41. The lowest BCUT2D eigenvalue weighted by Crippen LogP contribution is -2.36. The van der Waals surface area contributed by atoms with E-state index in [0.717, 1.165) is 32.0 Å². The molecule has 0 spiro atoms. The average molecular weight is 312 g/mol. The van der Waals surface area contributed by atoms with Crippen LogP contribution in [0.4, 0.5) is 11.4 Å². The van der Waals surface area contributed by atoms with E-state index >= 15 is 0 Å². The normalized spacial score (nSPS) is 14.5. The number of primary amides is 1. The van der Waals surface area contributed by atoms with Gasteiger partial charge in [0.05, 0.1) is 13.2 Å². The number of pyridine rings is 1. The summed E-state index contributed by atoms with van der Waals surface area (Å²) in [6.45, 7) is 4.11. The van der Waals surface area contributed by atoms with Gasteiger partial charge in [-0.1, -0.05) is 12.1 Å². The number of nitrogens with zero attached hydrogens (tertiary/aromatic N) is 2. The molecule has 3 N–H and O–H groups in total. The van der Waals surface area contributed by atoms with Crippen LogP contribution in [0.25, 0.3) is 0 Å². The number of aromatic nitrogens is 1. The summed E-state index contributed by atoms with van der Waals surface area (Å²) in [7, 11) is 0. The fraction of sp³-hybridized carbons (Fsp3) is 0.294. The van der Waals surface area contributed by atoms with Crippen molar-refractivity contribution in [2.24, 2.45) is 5.73 Å². The number of nitrogens with two attached hydrogens (primary N) is 1. The van der Waals surface area contributed by atoms with E-state index < -0.39 is 5.91 Å². The lowest BCUT2D eigenvalue weighted by Gasteiger charge is -2.28. The zero-order valence-electron chi connectivity index (χ0n) is 12.9. The number of rotatable bonds is 5. The summed E-state index contributed by atoms with van der Waals surface area (Å²) in [4.78, 5) is 17.4. The molecule has 1 aromatic carbocycles. The van der Waals surface area contributed by atoms with Gasteiger partial charge in [-0.3, -0.25) is 9.78 Å². The molecular formula is C17H20N4O2. The highest BCUT2D eigenvalue weighted by Gasteiger charge is 2.10. The molecule has 1 aromatic heterocycles. The van der Waals surface area contributed by atoms with Crippen molar-refractivity contribution in [2.75, 3.05) is 36.5 Å². The molecule has 1 fully saturated rings. The van der Waals surface area contributed by atoms with Crippen molar-refractivity contribution in [2.45, 2.75) is 6.54 Å². The van der Waals surface area contributed by atoms with Crippen molar-refractivity contribution in [3.8, 4) is 0 Å². The van der Waals surface area contributed by atoms with Gasteiger partial charge in [0.25, 0.3) is 5.91 Å². The van der Waals surface area contributed by atoms with Gasteiger partial charge < -0.3 is 20.7 Å². The molecule has 0 aliphatic carbocycles. The molecule has 3 rings (SSSR count). The van der Waals surface area contributed by atoms with E-state index in [0.29, 0.717) is 6.54 Å². The Kier molecular flexibility index (Phi) is 4.73. The van der Waals surface area contributed by atoms with E-state index in [9.17, 15) is 4.79 Å². The van der Waals surface area contributed by atoms with E-state index in [1.165, 1.54) is 11.3 Å². The summed E-state index contributed by atoms with van der Waals surface area (Å²) < 4.78 is 5.37. The van der Waals surface area contributed by atoms with Crippen LogP contribution in [-0.2, 0) is 11.3 Å². The Morgan fingerprint density at radius 2 is 1.96 bits per heavy atom. The third-order valence-electron chi connectivity index (χ3n) is 3.82. The first kappa shape index (κ1) is 15.3. The number of carbonyl (C=O) groups is 1. The molecule has 6 heteroatoms. The summed E-state index contributed by atoms with van der Waals surface area (Å²) in [5, 5.41) is 3.27. The van der Waals surface area contributed by atoms with Crippen LogP contribution >= 0.6 is 0 Å². The van der Waals surface area contributed by atoms with E-state index in [2.05, 4.69) is 39.5 Å². The highest BCUT2D eigenvalue weighted by molar-refractivity contribution is 5.91. The molecule has 0 unspecified atom stereocenters. The number of amides is 1. The second kappa shape index (κ2) is 7.11. The smallest absolute Gasteiger partial charge is 0.267 e. The molecule has 1 aliphatic heterocycles. The van der Waals surface area contributed by atoms with Gasteiger partial charge in [-0.25, -0.2) is 0 Å². The summed E-state index contributed by atoms with van der Waals surface area (Å²) in [5.41, 5.74) is 8.71. The molecule has 120 valence electrons. The first-order valence-electron chi connectivity index (χ1n) is 7.64. The number of hydrogen-bond donors (Lipinski definition) is 2. The number of hydrogen-bond acceptors (Lipinski definition) is 5. The minimum Gasteiger partial charge on any atom is -0.381 e. The minimum atomic E-state index is -0.525. The zero-order chi connectivity index (χ0) is 16.1. The monoisotopic (exact) mass is 312 g/mol. The molecule has 0 bridgehead atoms. The van der Waals surface area contributed by atoms with E-state index in [1.54, 1.807) is 12.3 Å². The Labute approximate surface area is 135 Å². The largest absolute Gasteiger partial charge is 0.381 e. The van der Waals surface area contributed by atoms with Crippen molar-refractivity contribution >= 4 is 17.3 Å². The number of morpholine rings is 1. The number of benzene rings is 1. The molecule has 23 heavy (non-hydrogen) atoms. The summed E-state index contributed by atoms with van der Waals surface area (Å²) >= 11 is 0. The van der Waals surface area contributed by atoms with Crippen molar-refractivity contribution in [1.82, 2.24) is 4.98 Å². The third kappa shape index (κ3) is 3.98. The standard InChI is InChI=1S/C17H20N4O2/c18-17(22)16-11-14(5-6-19-16)20-12-13-1-3-15(4-2-13)21-7-9-23-10-8-21/h1-6,11H,7-10,12H2,(H2,18,22)(H,19,20). The molecule has 0 atom stereocenters. The fourth-order valence-electron chi connectivity index (χ4n) is 2.53. The molecule has 1 saturated heterocycles. The number of nitrogens with one attached hydrogen (secondary N) is 1. The molecular weight excluding hydrogens is 292 g/mol. The molecule has 2 heterocycles. The number of carbonyl (C=O) groups excluding carboxylic acids is 1. The Hall–Kier alpha value is -2.60. The summed E-state index contributed by atoms with van der Waals surface area (Å²) in [5.74, 6) is -0.525. The highest BCUT2D eigenvalue weighted by atomic mass is 16.5. The maximum atomic E-state index is 11.1. The quantitative estimate of drug-likeness (QED) is 0.877. The van der Waals surface area contributed by atoms with Crippen LogP contribution in [0.5, 0.6) is 0 Å². The van der Waals surface area contributed by atoms with Gasteiger partial charge in [0.2, 0.25) is 0 Å². The Bertz CT molecular complexity index is 667. The Morgan fingerprint density at radius 1 is 1.22 bits per heavy atom. The van der Waals surface area contributed by atoms with Crippen LogP contribution in [0, 0.1) is 0 Å². The van der Waals surface area contributed by atoms with Gasteiger partial charge in [-0.15, -0.1) is 0 Å². The summed E-state index contributed by atoms with van der Waals surface area (Å²) in [6, 6.07) is 11.9. The second-order valence-electron chi connectivity index (χ2n) is 5.41. The van der Waals surface area contributed by atoms with Crippen LogP contribution in [0.1, 0.15) is 16.1 Å². The van der Waals surface area contributed by atoms with Crippen molar-refractivity contribution < 1.29 is 9.53 Å². The number of ether oxygens (including phenoxy) is 1. The first-order chi connectivity index (χ1) is 11.2. The lowest BCUT2D eigenvalue weighted by atomic mass is 10.2. The number of anilines is 2. The average Bonchev–Trinajstić information content (AvgIpc) is 2.61. The molecule has 6 nitrogen and oxygen atoms in total. The van der Waals surface area contributed by atoms with Gasteiger partial charge >= 0.3 is 0 Å². The molecule has 0 saturated carbocycles. The van der Waals surface area contributed by atoms with Crippen molar-refractivity contribution in [1.29, 1.82) is 0 Å². The third-order valence-corrected chi connectivity index (χ3v) is 3.82. The van der Waals surface area contributed by atoms with Gasteiger partial charge in [0.15, 0.2) is 0 Å². The van der Waals surface area contributed by atoms with Gasteiger partial charge in [0, 0.05) is 37.2 Å². The lowest BCUT2D eigenvalue weighted by molar-refractivity contribution is 0.0995. The van der Waals surface area contributed by atoms with E-state index in [1.807, 2.05) is 6.07 Å². The van der Waals surface area contributed by atoms with E-state index in [4.69, 9.17) is 10.5 Å². The maximum absolute atomic E-state index is 11.1. The fourth-order valence-corrected chi connectivity index (χ4v) is 2.53. The van der Waals surface area contributed by atoms with Crippen LogP contribution in [0.15, 0.2) is 42.6 Å².